The Morgan fingerprint density at radius 1 is 0.292 bits per heavy atom. The fraction of sp³-hybridized carbons (Fsp3) is 0.0333. The molecule has 2 aliphatic heterocycles. The number of nitrogens with zero attached hydrogens (tertiary/aromatic N) is 4. The summed E-state index contributed by atoms with van der Waals surface area (Å²) in [6, 6.07) is 74.9. The van der Waals surface area contributed by atoms with Crippen molar-refractivity contribution in [2.24, 2.45) is 14.1 Å². The van der Waals surface area contributed by atoms with E-state index < -0.39 is 0 Å². The first-order valence-corrected chi connectivity index (χ1v) is 22.7. The molecule has 0 fully saturated rings. The number of hydrogen-bond donors (Lipinski definition) is 0. The van der Waals surface area contributed by atoms with Gasteiger partial charge in [0.1, 0.15) is 11.6 Å². The second-order valence-corrected chi connectivity index (χ2v) is 18.1. The van der Waals surface area contributed by atoms with Crippen LogP contribution in [0.4, 0.5) is 34.4 Å². The molecule has 5 heteroatoms. The standard InChI is InChI=1S/C60H39BN4/c1-62-50-28-13-11-25-47(50)56-59(62)64(36-33-34-44-39-19-4-3-17-37(39)38-18-6-8-23-43(38)49(44)35-36)53-31-16-32-54-58(53)61(56)57-48-26-12-14-29-51(48)63(2)60(57)65(54)52-30-15-27-46-42-21-7-5-20-40(42)41-22-9-10-24-45(41)55(46)52/h3-35H,1-2H3. The molecule has 0 spiro atoms. The molecular formula is C60H39BN4. The van der Waals surface area contributed by atoms with Gasteiger partial charge in [0.2, 0.25) is 0 Å². The van der Waals surface area contributed by atoms with E-state index in [0.29, 0.717) is 0 Å². The zero-order chi connectivity index (χ0) is 42.7. The molecule has 11 aromatic carbocycles. The van der Waals surface area contributed by atoms with Gasteiger partial charge in [0.25, 0.3) is 6.71 Å². The van der Waals surface area contributed by atoms with E-state index in [4.69, 9.17) is 0 Å². The number of aromatic nitrogens is 2. The molecule has 0 bridgehead atoms. The van der Waals surface area contributed by atoms with Gasteiger partial charge in [0.05, 0.1) is 5.69 Å². The lowest BCUT2D eigenvalue weighted by Gasteiger charge is -2.43. The zero-order valence-corrected chi connectivity index (χ0v) is 35.9. The van der Waals surface area contributed by atoms with Crippen molar-refractivity contribution >= 4 is 144 Å². The normalized spacial score (nSPS) is 13.3. The fourth-order valence-corrected chi connectivity index (χ4v) is 12.5. The second kappa shape index (κ2) is 12.7. The first kappa shape index (κ1) is 35.2. The second-order valence-electron chi connectivity index (χ2n) is 18.1. The quantitative estimate of drug-likeness (QED) is 0.128. The molecule has 0 saturated carbocycles. The van der Waals surface area contributed by atoms with Gasteiger partial charge in [-0.05, 0) is 129 Å². The van der Waals surface area contributed by atoms with E-state index in [1.807, 2.05) is 0 Å². The van der Waals surface area contributed by atoms with Crippen LogP contribution in [0, 0.1) is 0 Å². The highest BCUT2D eigenvalue weighted by Gasteiger charge is 2.48. The molecular weight excluding hydrogens is 787 g/mol. The Balaban J connectivity index is 1.10. The summed E-state index contributed by atoms with van der Waals surface area (Å²) in [6.45, 7) is -0.0336. The first-order valence-electron chi connectivity index (χ1n) is 22.7. The van der Waals surface area contributed by atoms with Crippen molar-refractivity contribution in [1.29, 1.82) is 0 Å². The van der Waals surface area contributed by atoms with Crippen LogP contribution in [0.15, 0.2) is 200 Å². The maximum atomic E-state index is 2.61. The highest BCUT2D eigenvalue weighted by molar-refractivity contribution is 7.03. The summed E-state index contributed by atoms with van der Waals surface area (Å²) in [6.07, 6.45) is 0. The summed E-state index contributed by atoms with van der Waals surface area (Å²) in [5.41, 5.74) is 11.2. The van der Waals surface area contributed by atoms with Crippen molar-refractivity contribution in [1.82, 2.24) is 9.13 Å². The van der Waals surface area contributed by atoms with Gasteiger partial charge in [-0.1, -0.05) is 158 Å². The molecule has 65 heavy (non-hydrogen) atoms. The van der Waals surface area contributed by atoms with Crippen LogP contribution in [0.2, 0.25) is 0 Å². The molecule has 0 radical (unpaired) electrons. The van der Waals surface area contributed by atoms with Crippen LogP contribution >= 0.6 is 0 Å². The lowest BCUT2D eigenvalue weighted by Crippen LogP contribution is -2.61. The predicted molar refractivity (Wildman–Crippen MR) is 278 cm³/mol. The van der Waals surface area contributed by atoms with Crippen molar-refractivity contribution < 1.29 is 0 Å². The number of fused-ring (bicyclic) bond motifs is 20. The SMILES string of the molecule is Cn1c2c(c3ccccc31)B1c3c(cccc3N(c3cccc4c5ccccc5c5ccccc5c34)c3c1c1ccccc1n3C)N2c1ccc2c3ccccc3c3ccccc3c2c1. The van der Waals surface area contributed by atoms with Gasteiger partial charge in [-0.2, -0.15) is 0 Å². The Bertz CT molecular complexity index is 4170. The highest BCUT2D eigenvalue weighted by atomic mass is 15.3. The van der Waals surface area contributed by atoms with E-state index in [2.05, 4.69) is 233 Å². The summed E-state index contributed by atoms with van der Waals surface area (Å²) in [4.78, 5) is 5.19. The minimum Gasteiger partial charge on any atom is -0.330 e. The summed E-state index contributed by atoms with van der Waals surface area (Å²) in [5.74, 6) is 2.42. The van der Waals surface area contributed by atoms with Gasteiger partial charge in [-0.15, -0.1) is 0 Å². The molecule has 0 saturated heterocycles. The largest absolute Gasteiger partial charge is 0.330 e. The van der Waals surface area contributed by atoms with Crippen molar-refractivity contribution in [3.63, 3.8) is 0 Å². The molecule has 13 aromatic rings. The average molecular weight is 827 g/mol. The smallest absolute Gasteiger partial charge is 0.257 e. The summed E-state index contributed by atoms with van der Waals surface area (Å²) >= 11 is 0. The Kier molecular flexibility index (Phi) is 6.87. The molecule has 0 aliphatic carbocycles. The van der Waals surface area contributed by atoms with E-state index in [0.717, 1.165) is 5.69 Å². The van der Waals surface area contributed by atoms with E-state index >= 15 is 0 Å². The monoisotopic (exact) mass is 826 g/mol. The van der Waals surface area contributed by atoms with E-state index in [9.17, 15) is 0 Å². The third-order valence-corrected chi connectivity index (χ3v) is 15.0. The maximum absolute atomic E-state index is 2.61. The predicted octanol–water partition coefficient (Wildman–Crippen LogP) is 13.7. The Morgan fingerprint density at radius 3 is 1.20 bits per heavy atom. The minimum atomic E-state index is -0.0336. The Labute approximate surface area is 375 Å². The molecule has 2 aromatic heterocycles. The zero-order valence-electron chi connectivity index (χ0n) is 35.9. The first-order chi connectivity index (χ1) is 32.2. The highest BCUT2D eigenvalue weighted by Crippen LogP contribution is 2.50. The number of anilines is 6. The van der Waals surface area contributed by atoms with Crippen LogP contribution in [0.1, 0.15) is 0 Å². The lowest BCUT2D eigenvalue weighted by atomic mass is 9.33. The minimum absolute atomic E-state index is 0.0336. The molecule has 302 valence electrons. The third kappa shape index (κ3) is 4.42. The van der Waals surface area contributed by atoms with Gasteiger partial charge < -0.3 is 9.13 Å². The topological polar surface area (TPSA) is 16.3 Å². The van der Waals surface area contributed by atoms with Gasteiger partial charge in [-0.3, -0.25) is 9.80 Å². The molecule has 0 unspecified atom stereocenters. The van der Waals surface area contributed by atoms with Gasteiger partial charge in [0, 0.05) is 47.6 Å². The van der Waals surface area contributed by atoms with Crippen LogP contribution in [0.25, 0.3) is 86.4 Å². The van der Waals surface area contributed by atoms with Crippen LogP contribution < -0.4 is 26.2 Å². The number of aryl methyl sites for hydroxylation is 2. The number of benzene rings is 11. The van der Waals surface area contributed by atoms with Gasteiger partial charge in [-0.25, -0.2) is 0 Å². The van der Waals surface area contributed by atoms with Crippen LogP contribution in [0.3, 0.4) is 0 Å². The summed E-state index contributed by atoms with van der Waals surface area (Å²) in [5, 5.41) is 17.8. The lowest BCUT2D eigenvalue weighted by molar-refractivity contribution is 0.946. The average Bonchev–Trinajstić information content (AvgIpc) is 3.83. The Morgan fingerprint density at radius 2 is 0.662 bits per heavy atom. The maximum Gasteiger partial charge on any atom is 0.257 e. The molecule has 2 aliphatic rings. The van der Waals surface area contributed by atoms with E-state index in [1.165, 1.54) is 132 Å². The van der Waals surface area contributed by atoms with E-state index in [1.54, 1.807) is 0 Å². The van der Waals surface area contributed by atoms with Crippen molar-refractivity contribution in [2.75, 3.05) is 9.80 Å². The number of rotatable bonds is 2. The van der Waals surface area contributed by atoms with Crippen LogP contribution in [0.5, 0.6) is 0 Å². The van der Waals surface area contributed by atoms with Gasteiger partial charge in [0.15, 0.2) is 0 Å². The van der Waals surface area contributed by atoms with Crippen molar-refractivity contribution in [3.05, 3.63) is 200 Å². The fourth-order valence-electron chi connectivity index (χ4n) is 12.5. The molecule has 4 heterocycles. The summed E-state index contributed by atoms with van der Waals surface area (Å²) in [7, 11) is 4.53. The van der Waals surface area contributed by atoms with Crippen molar-refractivity contribution in [3.8, 4) is 0 Å². The van der Waals surface area contributed by atoms with Crippen LogP contribution in [-0.4, -0.2) is 15.8 Å². The number of para-hydroxylation sites is 2. The van der Waals surface area contributed by atoms with E-state index in [-0.39, 0.29) is 6.71 Å². The number of hydrogen-bond acceptors (Lipinski definition) is 2. The molecule has 0 atom stereocenters. The van der Waals surface area contributed by atoms with Gasteiger partial charge >= 0.3 is 0 Å². The molecule has 4 nitrogen and oxygen atoms in total. The third-order valence-electron chi connectivity index (χ3n) is 15.0. The molecule has 15 rings (SSSR count). The molecule has 0 N–H and O–H groups in total. The van der Waals surface area contributed by atoms with Crippen molar-refractivity contribution in [2.45, 2.75) is 0 Å². The van der Waals surface area contributed by atoms with Crippen LogP contribution in [-0.2, 0) is 14.1 Å². The Hall–Kier alpha value is -8.28. The molecule has 0 amide bonds. The summed E-state index contributed by atoms with van der Waals surface area (Å²) < 4.78 is 4.90.